The van der Waals surface area contributed by atoms with E-state index in [1.165, 1.54) is 0 Å². The van der Waals surface area contributed by atoms with Crippen molar-refractivity contribution in [3.63, 3.8) is 0 Å². The number of esters is 2. The predicted octanol–water partition coefficient (Wildman–Crippen LogP) is 2.46. The molecule has 1 aliphatic rings. The monoisotopic (exact) mass is 470 g/mol. The fraction of sp³-hybridized carbons (Fsp3) is 0.333. The molecule has 34 heavy (non-hydrogen) atoms. The molecule has 2 amide bonds. The Hall–Kier alpha value is -4.08. The highest BCUT2D eigenvalue weighted by atomic mass is 16.6. The van der Waals surface area contributed by atoms with Crippen molar-refractivity contribution in [1.29, 1.82) is 0 Å². The van der Waals surface area contributed by atoms with Crippen molar-refractivity contribution in [3.05, 3.63) is 71.8 Å². The number of nitrogens with one attached hydrogen (secondary N) is 2. The summed E-state index contributed by atoms with van der Waals surface area (Å²) in [6.07, 6.45) is -3.46. The van der Waals surface area contributed by atoms with E-state index in [4.69, 9.17) is 18.9 Å². The molecule has 10 heteroatoms. The molecule has 2 aromatic rings. The number of carbonyl (C=O) groups is 4. The molecule has 0 spiro atoms. The number of hydrogen-bond donors (Lipinski definition) is 2. The Balaban J connectivity index is 1.29. The molecule has 0 aromatic heterocycles. The SMILES string of the molecule is O=C(NCCC1OC(=O)C(CCNC(=O)OCc2ccccc2)OC1=O)OCc1ccccc1. The summed E-state index contributed by atoms with van der Waals surface area (Å²) in [6.45, 7) is 0.339. The van der Waals surface area contributed by atoms with Gasteiger partial charge in [0, 0.05) is 25.9 Å². The van der Waals surface area contributed by atoms with Crippen molar-refractivity contribution in [2.75, 3.05) is 13.1 Å². The average Bonchev–Trinajstić information content (AvgIpc) is 2.85. The summed E-state index contributed by atoms with van der Waals surface area (Å²) in [6, 6.07) is 18.3. The van der Waals surface area contributed by atoms with Crippen LogP contribution in [0, 0.1) is 0 Å². The second-order valence-corrected chi connectivity index (χ2v) is 7.41. The normalized spacial score (nSPS) is 17.2. The molecule has 0 radical (unpaired) electrons. The van der Waals surface area contributed by atoms with Gasteiger partial charge in [0.05, 0.1) is 0 Å². The van der Waals surface area contributed by atoms with Crippen LogP contribution in [0.1, 0.15) is 24.0 Å². The van der Waals surface area contributed by atoms with Gasteiger partial charge in [-0.15, -0.1) is 0 Å². The van der Waals surface area contributed by atoms with Crippen LogP contribution in [-0.4, -0.2) is 49.4 Å². The Kier molecular flexibility index (Phi) is 9.27. The third-order valence-corrected chi connectivity index (χ3v) is 4.82. The largest absolute Gasteiger partial charge is 0.448 e. The molecule has 2 N–H and O–H groups in total. The molecule has 0 saturated carbocycles. The average molecular weight is 470 g/mol. The number of ether oxygens (including phenoxy) is 4. The topological polar surface area (TPSA) is 129 Å². The van der Waals surface area contributed by atoms with E-state index in [-0.39, 0.29) is 39.1 Å². The number of amides is 2. The molecule has 1 saturated heterocycles. The van der Waals surface area contributed by atoms with Gasteiger partial charge >= 0.3 is 24.1 Å². The first-order valence-corrected chi connectivity index (χ1v) is 10.8. The van der Waals surface area contributed by atoms with Gasteiger partial charge in [-0.1, -0.05) is 60.7 Å². The molecule has 10 nitrogen and oxygen atoms in total. The molecular weight excluding hydrogens is 444 g/mol. The van der Waals surface area contributed by atoms with Gasteiger partial charge in [0.25, 0.3) is 0 Å². The lowest BCUT2D eigenvalue weighted by molar-refractivity contribution is -0.195. The first-order chi connectivity index (χ1) is 16.5. The Labute approximate surface area is 196 Å². The first kappa shape index (κ1) is 24.6. The van der Waals surface area contributed by atoms with Gasteiger partial charge in [0.2, 0.25) is 12.2 Å². The molecule has 0 aliphatic carbocycles. The molecule has 1 fully saturated rings. The van der Waals surface area contributed by atoms with Gasteiger partial charge in [-0.3, -0.25) is 0 Å². The van der Waals surface area contributed by atoms with E-state index in [0.717, 1.165) is 11.1 Å². The summed E-state index contributed by atoms with van der Waals surface area (Å²) in [5.41, 5.74) is 1.68. The van der Waals surface area contributed by atoms with Crippen molar-refractivity contribution >= 4 is 24.1 Å². The summed E-state index contributed by atoms with van der Waals surface area (Å²) in [5.74, 6) is -1.42. The van der Waals surface area contributed by atoms with E-state index >= 15 is 0 Å². The molecule has 180 valence electrons. The zero-order valence-electron chi connectivity index (χ0n) is 18.4. The van der Waals surface area contributed by atoms with E-state index in [9.17, 15) is 19.2 Å². The predicted molar refractivity (Wildman–Crippen MR) is 118 cm³/mol. The van der Waals surface area contributed by atoms with Crippen molar-refractivity contribution < 1.29 is 38.1 Å². The van der Waals surface area contributed by atoms with Crippen LogP contribution in [0.25, 0.3) is 0 Å². The zero-order valence-corrected chi connectivity index (χ0v) is 18.4. The van der Waals surface area contributed by atoms with Gasteiger partial charge in [-0.2, -0.15) is 0 Å². The quantitative estimate of drug-likeness (QED) is 0.400. The minimum absolute atomic E-state index is 0.0434. The number of hydrogen-bond acceptors (Lipinski definition) is 8. The van der Waals surface area contributed by atoms with Gasteiger partial charge in [-0.05, 0) is 11.1 Å². The van der Waals surface area contributed by atoms with Crippen LogP contribution in [0.2, 0.25) is 0 Å². The van der Waals surface area contributed by atoms with Gasteiger partial charge in [0.1, 0.15) is 13.2 Å². The summed E-state index contributed by atoms with van der Waals surface area (Å²) >= 11 is 0. The van der Waals surface area contributed by atoms with Crippen LogP contribution in [0.5, 0.6) is 0 Å². The Morgan fingerprint density at radius 3 is 1.44 bits per heavy atom. The molecular formula is C24H26N2O8. The maximum atomic E-state index is 12.1. The fourth-order valence-electron chi connectivity index (χ4n) is 3.04. The van der Waals surface area contributed by atoms with Crippen LogP contribution in [-0.2, 0) is 41.8 Å². The Morgan fingerprint density at radius 2 is 1.06 bits per heavy atom. The van der Waals surface area contributed by atoms with E-state index in [1.54, 1.807) is 0 Å². The molecule has 2 unspecified atom stereocenters. The lowest BCUT2D eigenvalue weighted by Crippen LogP contribution is -2.46. The smallest absolute Gasteiger partial charge is 0.407 e. The van der Waals surface area contributed by atoms with Crippen molar-refractivity contribution in [3.8, 4) is 0 Å². The third kappa shape index (κ3) is 8.12. The number of alkyl carbamates (subject to hydrolysis) is 2. The maximum Gasteiger partial charge on any atom is 0.407 e. The minimum atomic E-state index is -1.12. The highest BCUT2D eigenvalue weighted by Gasteiger charge is 2.37. The van der Waals surface area contributed by atoms with Gasteiger partial charge in [0.15, 0.2) is 0 Å². The molecule has 0 bridgehead atoms. The summed E-state index contributed by atoms with van der Waals surface area (Å²) in [5, 5.41) is 4.99. The van der Waals surface area contributed by atoms with Gasteiger partial charge in [-0.25, -0.2) is 19.2 Å². The zero-order chi connectivity index (χ0) is 24.2. The second kappa shape index (κ2) is 12.8. The van der Waals surface area contributed by atoms with E-state index in [1.807, 2.05) is 60.7 Å². The van der Waals surface area contributed by atoms with Crippen molar-refractivity contribution in [2.45, 2.75) is 38.3 Å². The number of cyclic esters (lactones) is 2. The van der Waals surface area contributed by atoms with E-state index in [2.05, 4.69) is 10.6 Å². The van der Waals surface area contributed by atoms with Crippen molar-refractivity contribution in [1.82, 2.24) is 10.6 Å². The minimum Gasteiger partial charge on any atom is -0.448 e. The molecule has 3 rings (SSSR count). The lowest BCUT2D eigenvalue weighted by Gasteiger charge is -2.27. The molecule has 1 heterocycles. The van der Waals surface area contributed by atoms with E-state index < -0.39 is 36.3 Å². The highest BCUT2D eigenvalue weighted by Crippen LogP contribution is 2.15. The first-order valence-electron chi connectivity index (χ1n) is 10.8. The summed E-state index contributed by atoms with van der Waals surface area (Å²) < 4.78 is 20.4. The molecule has 2 aromatic carbocycles. The maximum absolute atomic E-state index is 12.1. The van der Waals surface area contributed by atoms with Crippen LogP contribution in [0.3, 0.4) is 0 Å². The van der Waals surface area contributed by atoms with Crippen LogP contribution >= 0.6 is 0 Å². The van der Waals surface area contributed by atoms with Crippen LogP contribution < -0.4 is 10.6 Å². The standard InChI is InChI=1S/C24H26N2O8/c27-21-19(11-13-25-23(29)31-15-17-7-3-1-4-8-17)33-22(28)20(34-21)12-14-26-24(30)32-16-18-9-5-2-6-10-18/h1-10,19-20H,11-16H2,(H,25,29)(H,26,30). The Morgan fingerprint density at radius 1 is 0.676 bits per heavy atom. The number of carbonyl (C=O) groups excluding carboxylic acids is 4. The lowest BCUT2D eigenvalue weighted by atomic mass is 10.2. The number of benzene rings is 2. The number of rotatable bonds is 10. The summed E-state index contributed by atoms with van der Waals surface area (Å²) in [7, 11) is 0. The highest BCUT2D eigenvalue weighted by molar-refractivity contribution is 5.87. The Bertz CT molecular complexity index is 888. The van der Waals surface area contributed by atoms with E-state index in [0.29, 0.717) is 0 Å². The van der Waals surface area contributed by atoms with Crippen LogP contribution in [0.15, 0.2) is 60.7 Å². The summed E-state index contributed by atoms with van der Waals surface area (Å²) in [4.78, 5) is 47.8. The fourth-order valence-corrected chi connectivity index (χ4v) is 3.04. The third-order valence-electron chi connectivity index (χ3n) is 4.82. The van der Waals surface area contributed by atoms with Crippen molar-refractivity contribution in [2.24, 2.45) is 0 Å². The molecule has 2 atom stereocenters. The molecule has 1 aliphatic heterocycles. The second-order valence-electron chi connectivity index (χ2n) is 7.41. The van der Waals surface area contributed by atoms with Crippen LogP contribution in [0.4, 0.5) is 9.59 Å². The van der Waals surface area contributed by atoms with Gasteiger partial charge < -0.3 is 29.6 Å².